The third kappa shape index (κ3) is 2.99. The van der Waals surface area contributed by atoms with Gasteiger partial charge in [0.05, 0.1) is 5.52 Å². The summed E-state index contributed by atoms with van der Waals surface area (Å²) in [5.41, 5.74) is 2.31. The lowest BCUT2D eigenvalue weighted by Gasteiger charge is -2.25. The molecule has 1 aromatic heterocycles. The Balaban J connectivity index is 1.84. The molecule has 0 spiro atoms. The molecular formula is C17H21N3O. The van der Waals surface area contributed by atoms with Gasteiger partial charge in [0.15, 0.2) is 0 Å². The first kappa shape index (κ1) is 13.9. The molecule has 0 aliphatic heterocycles. The van der Waals surface area contributed by atoms with Gasteiger partial charge in [-0.1, -0.05) is 24.6 Å². The lowest BCUT2D eigenvalue weighted by Crippen LogP contribution is -2.32. The molecule has 1 aliphatic rings. The number of pyridine rings is 1. The molecule has 1 heterocycles. The standard InChI is InChI=1S/C17H21N3O/c1-2-18-15-10-16(17(21)19-11-12-6-5-7-12)20-14-9-4-3-8-13(14)15/h3-4,8-10,12H,2,5-7,11H2,1H3,(H,18,20)(H,19,21). The molecule has 0 saturated heterocycles. The van der Waals surface area contributed by atoms with Crippen LogP contribution in [0.25, 0.3) is 10.9 Å². The SMILES string of the molecule is CCNc1cc(C(=O)NCC2CCC2)nc2ccccc12. The number of rotatable bonds is 5. The number of fused-ring (bicyclic) bond motifs is 1. The molecule has 0 radical (unpaired) electrons. The Hall–Kier alpha value is -2.10. The van der Waals surface area contributed by atoms with Crippen molar-refractivity contribution < 1.29 is 4.79 Å². The van der Waals surface area contributed by atoms with Crippen LogP contribution < -0.4 is 10.6 Å². The zero-order valence-corrected chi connectivity index (χ0v) is 12.4. The molecule has 1 aromatic carbocycles. The zero-order valence-electron chi connectivity index (χ0n) is 12.4. The summed E-state index contributed by atoms with van der Waals surface area (Å²) in [5.74, 6) is 0.578. The fraction of sp³-hybridized carbons (Fsp3) is 0.412. The van der Waals surface area contributed by atoms with Gasteiger partial charge in [-0.15, -0.1) is 0 Å². The van der Waals surface area contributed by atoms with Crippen LogP contribution in [-0.4, -0.2) is 24.0 Å². The Kier molecular flexibility index (Phi) is 4.04. The van der Waals surface area contributed by atoms with Gasteiger partial charge < -0.3 is 10.6 Å². The van der Waals surface area contributed by atoms with Crippen molar-refractivity contribution in [3.8, 4) is 0 Å². The van der Waals surface area contributed by atoms with Crippen molar-refractivity contribution in [2.45, 2.75) is 26.2 Å². The number of amides is 1. The van der Waals surface area contributed by atoms with Crippen LogP contribution in [0.2, 0.25) is 0 Å². The van der Waals surface area contributed by atoms with Gasteiger partial charge in [0.25, 0.3) is 5.91 Å². The Morgan fingerprint density at radius 3 is 2.86 bits per heavy atom. The van der Waals surface area contributed by atoms with Crippen molar-refractivity contribution >= 4 is 22.5 Å². The number of nitrogens with zero attached hydrogens (tertiary/aromatic N) is 1. The third-order valence-electron chi connectivity index (χ3n) is 4.09. The molecule has 21 heavy (non-hydrogen) atoms. The largest absolute Gasteiger partial charge is 0.385 e. The highest BCUT2D eigenvalue weighted by Crippen LogP contribution is 2.26. The Labute approximate surface area is 125 Å². The van der Waals surface area contributed by atoms with E-state index < -0.39 is 0 Å². The lowest BCUT2D eigenvalue weighted by atomic mass is 9.85. The first-order chi connectivity index (χ1) is 10.3. The van der Waals surface area contributed by atoms with E-state index in [0.29, 0.717) is 11.6 Å². The second kappa shape index (κ2) is 6.12. The number of aromatic nitrogens is 1. The fourth-order valence-corrected chi connectivity index (χ4v) is 2.65. The van der Waals surface area contributed by atoms with Gasteiger partial charge in [-0.05, 0) is 37.8 Å². The van der Waals surface area contributed by atoms with E-state index in [0.717, 1.165) is 29.7 Å². The summed E-state index contributed by atoms with van der Waals surface area (Å²) in [6, 6.07) is 9.75. The smallest absolute Gasteiger partial charge is 0.269 e. The average Bonchev–Trinajstić information content (AvgIpc) is 2.45. The van der Waals surface area contributed by atoms with E-state index >= 15 is 0 Å². The normalized spacial score (nSPS) is 14.7. The van der Waals surface area contributed by atoms with Gasteiger partial charge in [-0.25, -0.2) is 4.98 Å². The maximum absolute atomic E-state index is 12.3. The molecule has 1 fully saturated rings. The first-order valence-electron chi connectivity index (χ1n) is 7.69. The quantitative estimate of drug-likeness (QED) is 0.886. The maximum atomic E-state index is 12.3. The van der Waals surface area contributed by atoms with E-state index in [9.17, 15) is 4.79 Å². The fourth-order valence-electron chi connectivity index (χ4n) is 2.65. The number of carbonyl (C=O) groups is 1. The van der Waals surface area contributed by atoms with E-state index in [1.165, 1.54) is 19.3 Å². The van der Waals surface area contributed by atoms with Crippen molar-refractivity contribution in [2.75, 3.05) is 18.4 Å². The van der Waals surface area contributed by atoms with Gasteiger partial charge in [-0.2, -0.15) is 0 Å². The number of hydrogen-bond acceptors (Lipinski definition) is 3. The Morgan fingerprint density at radius 1 is 1.33 bits per heavy atom. The number of nitrogens with one attached hydrogen (secondary N) is 2. The van der Waals surface area contributed by atoms with E-state index in [4.69, 9.17) is 0 Å². The molecule has 4 nitrogen and oxygen atoms in total. The summed E-state index contributed by atoms with van der Waals surface area (Å²) in [6.45, 7) is 3.63. The van der Waals surface area contributed by atoms with Crippen LogP contribution in [-0.2, 0) is 0 Å². The topological polar surface area (TPSA) is 54.0 Å². The summed E-state index contributed by atoms with van der Waals surface area (Å²) in [4.78, 5) is 16.8. The molecule has 1 saturated carbocycles. The average molecular weight is 283 g/mol. The second-order valence-electron chi connectivity index (χ2n) is 5.61. The summed E-state index contributed by atoms with van der Waals surface area (Å²) >= 11 is 0. The van der Waals surface area contributed by atoms with E-state index in [1.54, 1.807) is 0 Å². The van der Waals surface area contributed by atoms with E-state index in [2.05, 4.69) is 15.6 Å². The van der Waals surface area contributed by atoms with Crippen molar-refractivity contribution in [1.29, 1.82) is 0 Å². The van der Waals surface area contributed by atoms with Crippen LogP contribution in [0.4, 0.5) is 5.69 Å². The minimum Gasteiger partial charge on any atom is -0.385 e. The zero-order chi connectivity index (χ0) is 14.7. The van der Waals surface area contributed by atoms with Gasteiger partial charge in [0, 0.05) is 24.2 Å². The molecule has 0 bridgehead atoms. The number of hydrogen-bond donors (Lipinski definition) is 2. The van der Waals surface area contributed by atoms with Crippen molar-refractivity contribution in [1.82, 2.24) is 10.3 Å². The molecule has 110 valence electrons. The maximum Gasteiger partial charge on any atom is 0.269 e. The van der Waals surface area contributed by atoms with Gasteiger partial charge in [0.2, 0.25) is 0 Å². The molecule has 3 rings (SSSR count). The summed E-state index contributed by atoms with van der Waals surface area (Å²) in [7, 11) is 0. The minimum absolute atomic E-state index is 0.0770. The lowest BCUT2D eigenvalue weighted by molar-refractivity contribution is 0.0934. The van der Waals surface area contributed by atoms with Gasteiger partial charge in [0.1, 0.15) is 5.69 Å². The van der Waals surface area contributed by atoms with Crippen molar-refractivity contribution in [3.05, 3.63) is 36.0 Å². The van der Waals surface area contributed by atoms with E-state index in [1.807, 2.05) is 37.3 Å². The number of para-hydroxylation sites is 1. The molecule has 1 amide bonds. The summed E-state index contributed by atoms with van der Waals surface area (Å²) < 4.78 is 0. The first-order valence-corrected chi connectivity index (χ1v) is 7.69. The minimum atomic E-state index is -0.0770. The Bertz CT molecular complexity index is 650. The molecule has 4 heteroatoms. The molecule has 2 aromatic rings. The number of anilines is 1. The molecule has 0 unspecified atom stereocenters. The second-order valence-corrected chi connectivity index (χ2v) is 5.61. The summed E-state index contributed by atoms with van der Waals surface area (Å²) in [5, 5.41) is 7.37. The third-order valence-corrected chi connectivity index (χ3v) is 4.09. The van der Waals surface area contributed by atoms with Crippen LogP contribution in [0.1, 0.15) is 36.7 Å². The molecule has 0 atom stereocenters. The predicted molar refractivity (Wildman–Crippen MR) is 85.6 cm³/mol. The highest BCUT2D eigenvalue weighted by Gasteiger charge is 2.19. The molecule has 1 aliphatic carbocycles. The number of carbonyl (C=O) groups excluding carboxylic acids is 1. The van der Waals surface area contributed by atoms with Crippen LogP contribution in [0.15, 0.2) is 30.3 Å². The monoisotopic (exact) mass is 283 g/mol. The summed E-state index contributed by atoms with van der Waals surface area (Å²) in [6.07, 6.45) is 3.75. The van der Waals surface area contributed by atoms with Gasteiger partial charge in [-0.3, -0.25) is 4.79 Å². The van der Waals surface area contributed by atoms with Crippen LogP contribution in [0.3, 0.4) is 0 Å². The molecule has 2 N–H and O–H groups in total. The van der Waals surface area contributed by atoms with Crippen molar-refractivity contribution in [3.63, 3.8) is 0 Å². The van der Waals surface area contributed by atoms with E-state index in [-0.39, 0.29) is 5.91 Å². The number of benzene rings is 1. The van der Waals surface area contributed by atoms with Crippen molar-refractivity contribution in [2.24, 2.45) is 5.92 Å². The highest BCUT2D eigenvalue weighted by atomic mass is 16.1. The molecular weight excluding hydrogens is 262 g/mol. The van der Waals surface area contributed by atoms with Crippen LogP contribution >= 0.6 is 0 Å². The van der Waals surface area contributed by atoms with Gasteiger partial charge >= 0.3 is 0 Å². The Morgan fingerprint density at radius 2 is 2.14 bits per heavy atom. The predicted octanol–water partition coefficient (Wildman–Crippen LogP) is 3.20. The van der Waals surface area contributed by atoms with Crippen LogP contribution in [0.5, 0.6) is 0 Å². The van der Waals surface area contributed by atoms with Crippen LogP contribution in [0, 0.1) is 5.92 Å². The highest BCUT2D eigenvalue weighted by molar-refractivity contribution is 5.99.